The molecule has 0 amide bonds. The molecule has 0 atom stereocenters. The van der Waals surface area contributed by atoms with E-state index in [1.165, 1.54) is 37.0 Å². The molecule has 0 bridgehead atoms. The van der Waals surface area contributed by atoms with Crippen molar-refractivity contribution in [1.82, 2.24) is 9.97 Å². The van der Waals surface area contributed by atoms with E-state index in [0.717, 1.165) is 23.6 Å². The van der Waals surface area contributed by atoms with Crippen LogP contribution >= 0.6 is 0 Å². The van der Waals surface area contributed by atoms with Crippen LogP contribution in [0, 0.1) is 17.1 Å². The van der Waals surface area contributed by atoms with Crippen molar-refractivity contribution in [2.24, 2.45) is 0 Å². The fourth-order valence-electron chi connectivity index (χ4n) is 2.80. The van der Waals surface area contributed by atoms with Gasteiger partial charge < -0.3 is 9.47 Å². The fourth-order valence-corrected chi connectivity index (χ4v) is 2.80. The van der Waals surface area contributed by atoms with Crippen molar-refractivity contribution in [3.05, 3.63) is 71.8 Å². The second-order valence-corrected chi connectivity index (χ2v) is 6.62. The van der Waals surface area contributed by atoms with Crippen LogP contribution in [0.5, 0.6) is 11.8 Å². The quantitative estimate of drug-likeness (QED) is 0.295. The van der Waals surface area contributed by atoms with Gasteiger partial charge in [0.1, 0.15) is 17.6 Å². The number of halogens is 1. The molecule has 0 fully saturated rings. The van der Waals surface area contributed by atoms with Gasteiger partial charge in [0, 0.05) is 24.0 Å². The Hall–Kier alpha value is -3.79. The third-order valence-electron chi connectivity index (χ3n) is 4.42. The first-order chi connectivity index (χ1) is 14.6. The first kappa shape index (κ1) is 20.9. The van der Waals surface area contributed by atoms with E-state index < -0.39 is 12.0 Å². The molecule has 0 radical (unpaired) electrons. The maximum Gasteiger partial charge on any atom is 0.521 e. The Morgan fingerprint density at radius 3 is 2.40 bits per heavy atom. The average Bonchev–Trinajstić information content (AvgIpc) is 2.75. The molecule has 0 N–H and O–H groups in total. The summed E-state index contributed by atoms with van der Waals surface area (Å²) in [5, 5.41) is 8.71. The molecular weight excluding hydrogens is 385 g/mol. The van der Waals surface area contributed by atoms with E-state index in [-0.39, 0.29) is 17.3 Å². The molecule has 1 aromatic heterocycles. The Morgan fingerprint density at radius 1 is 1.03 bits per heavy atom. The number of rotatable bonds is 7. The van der Waals surface area contributed by atoms with Crippen molar-refractivity contribution in [3.63, 3.8) is 0 Å². The highest BCUT2D eigenvalue weighted by atomic mass is 19.1. The smallest absolute Gasteiger partial charge is 0.395 e. The number of nitriles is 1. The van der Waals surface area contributed by atoms with Crippen molar-refractivity contribution in [2.75, 3.05) is 0 Å². The summed E-state index contributed by atoms with van der Waals surface area (Å²) >= 11 is 0. The lowest BCUT2D eigenvalue weighted by Gasteiger charge is -2.06. The predicted molar refractivity (Wildman–Crippen MR) is 108 cm³/mol. The molecule has 6 nitrogen and oxygen atoms in total. The predicted octanol–water partition coefficient (Wildman–Crippen LogP) is 5.46. The van der Waals surface area contributed by atoms with E-state index in [1.54, 1.807) is 18.5 Å². The zero-order chi connectivity index (χ0) is 21.3. The molecule has 1 heterocycles. The van der Waals surface area contributed by atoms with E-state index in [4.69, 9.17) is 14.7 Å². The Morgan fingerprint density at radius 2 is 1.77 bits per heavy atom. The second kappa shape index (κ2) is 10.1. The first-order valence-electron chi connectivity index (χ1n) is 9.59. The Kier molecular flexibility index (Phi) is 7.06. The van der Waals surface area contributed by atoms with E-state index >= 15 is 0 Å². The van der Waals surface area contributed by atoms with Gasteiger partial charge in [0.25, 0.3) is 0 Å². The maximum atomic E-state index is 13.6. The highest BCUT2D eigenvalue weighted by Gasteiger charge is 2.12. The van der Waals surface area contributed by atoms with Crippen LogP contribution < -0.4 is 9.47 Å². The number of unbranched alkanes of at least 4 members (excludes halogenated alkanes) is 2. The third kappa shape index (κ3) is 5.61. The standard InChI is InChI=1S/C23H20FN3O3/c1-2-3-4-5-16-6-8-17(9-7-16)19-14-26-22(27-15-19)30-23(28)29-20-11-10-18(13-25)21(24)12-20/h6-12,14-15H,2-5H2,1H3. The first-order valence-corrected chi connectivity index (χ1v) is 9.59. The molecule has 7 heteroatoms. The lowest BCUT2D eigenvalue weighted by molar-refractivity contribution is 0.147. The summed E-state index contributed by atoms with van der Waals surface area (Å²) in [7, 11) is 0. The normalized spacial score (nSPS) is 10.3. The van der Waals surface area contributed by atoms with Crippen LogP contribution in [0.4, 0.5) is 9.18 Å². The molecule has 152 valence electrons. The van der Waals surface area contributed by atoms with Crippen molar-refractivity contribution in [3.8, 4) is 29.0 Å². The molecule has 2 aromatic carbocycles. The van der Waals surface area contributed by atoms with Crippen LogP contribution in [-0.2, 0) is 6.42 Å². The van der Waals surface area contributed by atoms with Crippen molar-refractivity contribution in [1.29, 1.82) is 5.26 Å². The average molecular weight is 405 g/mol. The number of aromatic nitrogens is 2. The van der Waals surface area contributed by atoms with E-state index in [9.17, 15) is 9.18 Å². The van der Waals surface area contributed by atoms with Crippen LogP contribution in [0.25, 0.3) is 11.1 Å². The Labute approximate surface area is 173 Å². The molecule has 0 aliphatic rings. The summed E-state index contributed by atoms with van der Waals surface area (Å²) in [5.41, 5.74) is 2.88. The summed E-state index contributed by atoms with van der Waals surface area (Å²) in [4.78, 5) is 19.9. The largest absolute Gasteiger partial charge is 0.521 e. The van der Waals surface area contributed by atoms with Crippen LogP contribution in [0.3, 0.4) is 0 Å². The monoisotopic (exact) mass is 405 g/mol. The topological polar surface area (TPSA) is 85.1 Å². The SMILES string of the molecule is CCCCCc1ccc(-c2cnc(OC(=O)Oc3ccc(C#N)c(F)c3)nc2)cc1. The van der Waals surface area contributed by atoms with E-state index in [1.807, 2.05) is 12.1 Å². The summed E-state index contributed by atoms with van der Waals surface area (Å²) in [6.45, 7) is 2.18. The number of benzene rings is 2. The summed E-state index contributed by atoms with van der Waals surface area (Å²) < 4.78 is 23.3. The van der Waals surface area contributed by atoms with Gasteiger partial charge in [-0.2, -0.15) is 5.26 Å². The molecule has 0 aliphatic carbocycles. The zero-order valence-corrected chi connectivity index (χ0v) is 16.5. The van der Waals surface area contributed by atoms with E-state index in [2.05, 4.69) is 29.0 Å². The fraction of sp³-hybridized carbons (Fsp3) is 0.217. The molecule has 3 rings (SSSR count). The zero-order valence-electron chi connectivity index (χ0n) is 16.5. The van der Waals surface area contributed by atoms with Gasteiger partial charge in [-0.15, -0.1) is 0 Å². The molecular formula is C23H20FN3O3. The van der Waals surface area contributed by atoms with Crippen LogP contribution in [0.15, 0.2) is 54.9 Å². The molecule has 30 heavy (non-hydrogen) atoms. The molecule has 0 aliphatic heterocycles. The maximum absolute atomic E-state index is 13.6. The molecule has 0 saturated heterocycles. The Bertz CT molecular complexity index is 1040. The van der Waals surface area contributed by atoms with Crippen LogP contribution in [0.1, 0.15) is 37.3 Å². The number of carbonyl (C=O) groups is 1. The number of carbonyl (C=O) groups excluding carboxylic acids is 1. The Balaban J connectivity index is 1.58. The highest BCUT2D eigenvalue weighted by molar-refractivity contribution is 5.66. The number of hydrogen-bond donors (Lipinski definition) is 0. The number of hydrogen-bond acceptors (Lipinski definition) is 6. The second-order valence-electron chi connectivity index (χ2n) is 6.62. The lowest BCUT2D eigenvalue weighted by atomic mass is 10.0. The van der Waals surface area contributed by atoms with E-state index in [0.29, 0.717) is 0 Å². The van der Waals surface area contributed by atoms with Crippen LogP contribution in [-0.4, -0.2) is 16.1 Å². The van der Waals surface area contributed by atoms with Gasteiger partial charge in [0.2, 0.25) is 0 Å². The minimum absolute atomic E-state index is 0.0906. The molecule has 0 saturated carbocycles. The van der Waals surface area contributed by atoms with Crippen LogP contribution in [0.2, 0.25) is 0 Å². The van der Waals surface area contributed by atoms with Gasteiger partial charge in [-0.25, -0.2) is 19.2 Å². The molecule has 0 unspecified atom stereocenters. The van der Waals surface area contributed by atoms with Gasteiger partial charge in [0.05, 0.1) is 5.56 Å². The number of ether oxygens (including phenoxy) is 2. The molecule has 0 spiro atoms. The van der Waals surface area contributed by atoms with Gasteiger partial charge >= 0.3 is 12.2 Å². The van der Waals surface area contributed by atoms with Gasteiger partial charge in [0.15, 0.2) is 0 Å². The minimum Gasteiger partial charge on any atom is -0.395 e. The van der Waals surface area contributed by atoms with Gasteiger partial charge in [-0.1, -0.05) is 44.0 Å². The van der Waals surface area contributed by atoms with Crippen molar-refractivity contribution >= 4 is 6.16 Å². The highest BCUT2D eigenvalue weighted by Crippen LogP contribution is 2.21. The van der Waals surface area contributed by atoms with Gasteiger partial charge in [-0.3, -0.25) is 0 Å². The summed E-state index contributed by atoms with van der Waals surface area (Å²) in [6.07, 6.45) is 6.63. The molecule has 3 aromatic rings. The lowest BCUT2D eigenvalue weighted by Crippen LogP contribution is -2.15. The number of aryl methyl sites for hydroxylation is 1. The van der Waals surface area contributed by atoms with Crippen molar-refractivity contribution in [2.45, 2.75) is 32.6 Å². The third-order valence-corrected chi connectivity index (χ3v) is 4.42. The van der Waals surface area contributed by atoms with Crippen molar-refractivity contribution < 1.29 is 18.7 Å². The minimum atomic E-state index is -1.11. The summed E-state index contributed by atoms with van der Waals surface area (Å²) in [5.74, 6) is -0.882. The number of nitrogens with zero attached hydrogens (tertiary/aromatic N) is 3. The van der Waals surface area contributed by atoms with Gasteiger partial charge in [-0.05, 0) is 36.1 Å². The summed E-state index contributed by atoms with van der Waals surface area (Å²) in [6, 6.07) is 13.1.